The van der Waals surface area contributed by atoms with E-state index in [2.05, 4.69) is 11.4 Å². The predicted molar refractivity (Wildman–Crippen MR) is 113 cm³/mol. The third-order valence-electron chi connectivity index (χ3n) is 5.54. The van der Waals surface area contributed by atoms with Gasteiger partial charge in [0.1, 0.15) is 0 Å². The minimum absolute atomic E-state index is 0.0252. The molecule has 2 aliphatic rings. The first-order chi connectivity index (χ1) is 13.4. The Hall–Kier alpha value is -1.37. The van der Waals surface area contributed by atoms with Crippen LogP contribution < -0.4 is 5.32 Å². The molecule has 0 unspecified atom stereocenters. The third kappa shape index (κ3) is 6.06. The highest BCUT2D eigenvalue weighted by Crippen LogP contribution is 2.23. The summed E-state index contributed by atoms with van der Waals surface area (Å²) in [6.45, 7) is 1.38. The highest BCUT2D eigenvalue weighted by Gasteiger charge is 2.32. The maximum Gasteiger partial charge on any atom is 0.224 e. The average molecular weight is 425 g/mol. The van der Waals surface area contributed by atoms with Crippen molar-refractivity contribution in [2.45, 2.75) is 50.7 Å². The van der Waals surface area contributed by atoms with Crippen LogP contribution in [0.4, 0.5) is 0 Å². The number of amides is 1. The summed E-state index contributed by atoms with van der Waals surface area (Å²) in [5.41, 5.74) is 2.14. The Labute approximate surface area is 173 Å². The summed E-state index contributed by atoms with van der Waals surface area (Å²) in [5, 5.41) is 3.59. The zero-order valence-electron chi connectivity index (χ0n) is 16.2. The molecule has 28 heavy (non-hydrogen) atoms. The standard InChI is InChI=1S/C21H29ClN2O3S/c22-20-10-8-18(9-11-20)16-28(26,27)24-14-4-7-19(15-24)21(25)23-13-12-17-5-2-1-3-6-17/h5,8-11,19H,1-4,6-7,12-16H2,(H,23,25)/t19-/m1/s1. The monoisotopic (exact) mass is 424 g/mol. The minimum Gasteiger partial charge on any atom is -0.356 e. The first kappa shape index (κ1) is 21.3. The van der Waals surface area contributed by atoms with Crippen LogP contribution >= 0.6 is 11.6 Å². The molecule has 1 aromatic carbocycles. The van der Waals surface area contributed by atoms with Gasteiger partial charge >= 0.3 is 0 Å². The SMILES string of the molecule is O=C(NCCC1=CCCCC1)[C@@H]1CCCN(S(=O)(=O)Cc2ccc(Cl)cc2)C1. The number of allylic oxidation sites excluding steroid dienone is 1. The van der Waals surface area contributed by atoms with Crippen LogP contribution in [-0.2, 0) is 20.6 Å². The van der Waals surface area contributed by atoms with Crippen molar-refractivity contribution in [3.63, 3.8) is 0 Å². The average Bonchev–Trinajstić information content (AvgIpc) is 2.70. The summed E-state index contributed by atoms with van der Waals surface area (Å²) in [6, 6.07) is 6.85. The van der Waals surface area contributed by atoms with Gasteiger partial charge in [-0.1, -0.05) is 35.4 Å². The van der Waals surface area contributed by atoms with Crippen molar-refractivity contribution in [1.29, 1.82) is 0 Å². The van der Waals surface area contributed by atoms with E-state index in [4.69, 9.17) is 11.6 Å². The molecule has 1 atom stereocenters. The van der Waals surface area contributed by atoms with Crippen LogP contribution in [0.2, 0.25) is 5.02 Å². The molecule has 1 aliphatic carbocycles. The van der Waals surface area contributed by atoms with Crippen molar-refractivity contribution < 1.29 is 13.2 Å². The Morgan fingerprint density at radius 3 is 2.68 bits per heavy atom. The van der Waals surface area contributed by atoms with E-state index in [1.807, 2.05) is 0 Å². The summed E-state index contributed by atoms with van der Waals surface area (Å²) in [5.74, 6) is -0.357. The molecule has 1 aromatic rings. The zero-order valence-corrected chi connectivity index (χ0v) is 17.8. The molecular formula is C21H29ClN2O3S. The molecule has 154 valence electrons. The van der Waals surface area contributed by atoms with Crippen LogP contribution in [0.15, 0.2) is 35.9 Å². The molecule has 7 heteroatoms. The quantitative estimate of drug-likeness (QED) is 0.675. The summed E-state index contributed by atoms with van der Waals surface area (Å²) in [6.07, 6.45) is 9.42. The Balaban J connectivity index is 1.51. The molecule has 0 saturated carbocycles. The van der Waals surface area contributed by atoms with Gasteiger partial charge in [-0.05, 0) is 62.6 Å². The van der Waals surface area contributed by atoms with Crippen molar-refractivity contribution in [2.24, 2.45) is 5.92 Å². The first-order valence-corrected chi connectivity index (χ1v) is 12.1. The van der Waals surface area contributed by atoms with Crippen molar-refractivity contribution in [3.8, 4) is 0 Å². The lowest BCUT2D eigenvalue weighted by Gasteiger charge is -2.31. The lowest BCUT2D eigenvalue weighted by Crippen LogP contribution is -2.45. The molecule has 1 heterocycles. The second-order valence-electron chi connectivity index (χ2n) is 7.73. The van der Waals surface area contributed by atoms with Crippen LogP contribution in [0.1, 0.15) is 50.5 Å². The Morgan fingerprint density at radius 1 is 1.18 bits per heavy atom. The zero-order chi connectivity index (χ0) is 20.0. The lowest BCUT2D eigenvalue weighted by atomic mass is 9.96. The molecule has 1 amide bonds. The molecule has 5 nitrogen and oxygen atoms in total. The summed E-state index contributed by atoms with van der Waals surface area (Å²) >= 11 is 5.87. The van der Waals surface area contributed by atoms with E-state index in [0.717, 1.165) is 25.7 Å². The van der Waals surface area contributed by atoms with Gasteiger partial charge in [0.05, 0.1) is 11.7 Å². The van der Waals surface area contributed by atoms with Crippen LogP contribution in [0.25, 0.3) is 0 Å². The van der Waals surface area contributed by atoms with Gasteiger partial charge < -0.3 is 5.32 Å². The smallest absolute Gasteiger partial charge is 0.224 e. The number of halogens is 1. The van der Waals surface area contributed by atoms with Crippen LogP contribution in [0.5, 0.6) is 0 Å². The van der Waals surface area contributed by atoms with Gasteiger partial charge in [0.15, 0.2) is 0 Å². The number of carbonyl (C=O) groups excluding carboxylic acids is 1. The Morgan fingerprint density at radius 2 is 1.96 bits per heavy atom. The molecule has 1 saturated heterocycles. The van der Waals surface area contributed by atoms with Gasteiger partial charge in [-0.15, -0.1) is 0 Å². The topological polar surface area (TPSA) is 66.5 Å². The second kappa shape index (κ2) is 9.90. The molecular weight excluding hydrogens is 396 g/mol. The van der Waals surface area contributed by atoms with Gasteiger partial charge in [-0.25, -0.2) is 12.7 Å². The van der Waals surface area contributed by atoms with Gasteiger partial charge in [-0.2, -0.15) is 0 Å². The fourth-order valence-corrected chi connectivity index (χ4v) is 5.65. The van der Waals surface area contributed by atoms with E-state index in [0.29, 0.717) is 30.1 Å². The van der Waals surface area contributed by atoms with E-state index < -0.39 is 10.0 Å². The van der Waals surface area contributed by atoms with Gasteiger partial charge in [-0.3, -0.25) is 4.79 Å². The molecule has 1 fully saturated rings. The number of piperidine rings is 1. The van der Waals surface area contributed by atoms with Crippen molar-refractivity contribution >= 4 is 27.5 Å². The van der Waals surface area contributed by atoms with E-state index in [1.54, 1.807) is 24.3 Å². The first-order valence-electron chi connectivity index (χ1n) is 10.1. The van der Waals surface area contributed by atoms with E-state index in [9.17, 15) is 13.2 Å². The molecule has 0 aromatic heterocycles. The molecule has 1 aliphatic heterocycles. The minimum atomic E-state index is -3.45. The molecule has 3 rings (SSSR count). The van der Waals surface area contributed by atoms with Crippen LogP contribution in [0, 0.1) is 5.92 Å². The number of nitrogens with zero attached hydrogens (tertiary/aromatic N) is 1. The van der Waals surface area contributed by atoms with E-state index in [-0.39, 0.29) is 24.1 Å². The highest BCUT2D eigenvalue weighted by molar-refractivity contribution is 7.88. The van der Waals surface area contributed by atoms with Crippen molar-refractivity contribution in [3.05, 3.63) is 46.5 Å². The molecule has 0 radical (unpaired) electrons. The number of carbonyl (C=O) groups is 1. The van der Waals surface area contributed by atoms with Crippen molar-refractivity contribution in [2.75, 3.05) is 19.6 Å². The number of hydrogen-bond donors (Lipinski definition) is 1. The normalized spacial score (nSPS) is 21.2. The fourth-order valence-electron chi connectivity index (χ4n) is 3.91. The van der Waals surface area contributed by atoms with E-state index in [1.165, 1.54) is 22.7 Å². The molecule has 1 N–H and O–H groups in total. The van der Waals surface area contributed by atoms with Gasteiger partial charge in [0.2, 0.25) is 15.9 Å². The second-order valence-corrected chi connectivity index (χ2v) is 10.1. The number of rotatable bonds is 7. The number of benzene rings is 1. The maximum absolute atomic E-state index is 12.8. The number of hydrogen-bond acceptors (Lipinski definition) is 3. The van der Waals surface area contributed by atoms with Crippen molar-refractivity contribution in [1.82, 2.24) is 9.62 Å². The van der Waals surface area contributed by atoms with Crippen LogP contribution in [0.3, 0.4) is 0 Å². The van der Waals surface area contributed by atoms with Gasteiger partial charge in [0, 0.05) is 24.7 Å². The molecule has 0 spiro atoms. The number of sulfonamides is 1. The van der Waals surface area contributed by atoms with E-state index >= 15 is 0 Å². The highest BCUT2D eigenvalue weighted by atomic mass is 35.5. The summed E-state index contributed by atoms with van der Waals surface area (Å²) in [4.78, 5) is 12.5. The molecule has 0 bridgehead atoms. The predicted octanol–water partition coefficient (Wildman–Crippen LogP) is 3.89. The fraction of sp³-hybridized carbons (Fsp3) is 0.571. The maximum atomic E-state index is 12.8. The number of nitrogens with one attached hydrogen (secondary N) is 1. The Bertz CT molecular complexity index is 805. The lowest BCUT2D eigenvalue weighted by molar-refractivity contribution is -0.126. The summed E-state index contributed by atoms with van der Waals surface area (Å²) in [7, 11) is -3.45. The van der Waals surface area contributed by atoms with Crippen LogP contribution in [-0.4, -0.2) is 38.3 Å². The third-order valence-corrected chi connectivity index (χ3v) is 7.61. The largest absolute Gasteiger partial charge is 0.356 e. The Kier molecular flexibility index (Phi) is 7.55. The van der Waals surface area contributed by atoms with Gasteiger partial charge in [0.25, 0.3) is 0 Å². The summed E-state index contributed by atoms with van der Waals surface area (Å²) < 4.78 is 27.0.